The number of nitrogens with one attached hydrogen (secondary N) is 1. The number of rotatable bonds is 4. The summed E-state index contributed by atoms with van der Waals surface area (Å²) in [6.45, 7) is -0.440. The SMILES string of the molecule is C#CCNC(=O)COC(=O)c1ccccc1F. The number of halogens is 1. The number of carbonyl (C=O) groups excluding carboxylic acids is 2. The van der Waals surface area contributed by atoms with Gasteiger partial charge in [-0.25, -0.2) is 9.18 Å². The number of hydrogen-bond donors (Lipinski definition) is 1. The van der Waals surface area contributed by atoms with Crippen LogP contribution >= 0.6 is 0 Å². The van der Waals surface area contributed by atoms with Gasteiger partial charge in [-0.1, -0.05) is 18.1 Å². The standard InChI is InChI=1S/C12H10FNO3/c1-2-7-14-11(15)8-17-12(16)9-5-3-4-6-10(9)13/h1,3-6H,7-8H2,(H,14,15). The zero-order chi connectivity index (χ0) is 12.7. The number of carbonyl (C=O) groups is 2. The van der Waals surface area contributed by atoms with Gasteiger partial charge in [-0.05, 0) is 12.1 Å². The Balaban J connectivity index is 2.49. The normalized spacial score (nSPS) is 9.18. The van der Waals surface area contributed by atoms with Gasteiger partial charge in [-0.15, -0.1) is 6.42 Å². The molecule has 0 aliphatic heterocycles. The van der Waals surface area contributed by atoms with E-state index in [9.17, 15) is 14.0 Å². The third-order valence-corrected chi connectivity index (χ3v) is 1.82. The van der Waals surface area contributed by atoms with Crippen LogP contribution in [-0.4, -0.2) is 25.0 Å². The summed E-state index contributed by atoms with van der Waals surface area (Å²) in [5.74, 6) is 0.0771. The molecule has 1 N–H and O–H groups in total. The Morgan fingerprint density at radius 1 is 1.41 bits per heavy atom. The third kappa shape index (κ3) is 3.95. The Bertz CT molecular complexity index is 465. The summed E-state index contributed by atoms with van der Waals surface area (Å²) in [4.78, 5) is 22.4. The van der Waals surface area contributed by atoms with Crippen LogP contribution in [0.5, 0.6) is 0 Å². The van der Waals surface area contributed by atoms with E-state index in [2.05, 4.69) is 16.0 Å². The number of ether oxygens (including phenoxy) is 1. The molecule has 0 saturated heterocycles. The van der Waals surface area contributed by atoms with Gasteiger partial charge in [-0.3, -0.25) is 4.79 Å². The maximum atomic E-state index is 13.1. The van der Waals surface area contributed by atoms with Gasteiger partial charge in [0.15, 0.2) is 6.61 Å². The van der Waals surface area contributed by atoms with Crippen LogP contribution in [0.3, 0.4) is 0 Å². The van der Waals surface area contributed by atoms with E-state index < -0.39 is 24.3 Å². The molecule has 0 aliphatic carbocycles. The molecule has 1 rings (SSSR count). The number of esters is 1. The molecule has 0 atom stereocenters. The lowest BCUT2D eigenvalue weighted by Crippen LogP contribution is -2.29. The molecule has 4 nitrogen and oxygen atoms in total. The molecule has 0 bridgehead atoms. The van der Waals surface area contributed by atoms with E-state index in [1.807, 2.05) is 0 Å². The molecule has 1 amide bonds. The molecule has 5 heteroatoms. The van der Waals surface area contributed by atoms with E-state index >= 15 is 0 Å². The zero-order valence-corrected chi connectivity index (χ0v) is 8.90. The van der Waals surface area contributed by atoms with Crippen molar-refractivity contribution >= 4 is 11.9 Å². The highest BCUT2D eigenvalue weighted by molar-refractivity contribution is 5.91. The van der Waals surface area contributed by atoms with Crippen molar-refractivity contribution in [1.29, 1.82) is 0 Å². The van der Waals surface area contributed by atoms with Gasteiger partial charge in [-0.2, -0.15) is 0 Å². The Kier molecular flexibility index (Phi) is 4.70. The number of hydrogen-bond acceptors (Lipinski definition) is 3. The second-order valence-electron chi connectivity index (χ2n) is 3.04. The summed E-state index contributed by atoms with van der Waals surface area (Å²) in [6, 6.07) is 5.36. The summed E-state index contributed by atoms with van der Waals surface area (Å²) in [5.41, 5.74) is -0.211. The highest BCUT2D eigenvalue weighted by Gasteiger charge is 2.13. The lowest BCUT2D eigenvalue weighted by molar-refractivity contribution is -0.123. The summed E-state index contributed by atoms with van der Waals surface area (Å²) in [6.07, 6.45) is 4.92. The van der Waals surface area contributed by atoms with Crippen LogP contribution in [0.1, 0.15) is 10.4 Å². The topological polar surface area (TPSA) is 55.4 Å². The summed E-state index contributed by atoms with van der Waals surface area (Å²) in [5, 5.41) is 2.31. The lowest BCUT2D eigenvalue weighted by Gasteiger charge is -2.05. The van der Waals surface area contributed by atoms with Crippen LogP contribution in [-0.2, 0) is 9.53 Å². The minimum absolute atomic E-state index is 0.0517. The molecule has 17 heavy (non-hydrogen) atoms. The number of benzene rings is 1. The first-order chi connectivity index (χ1) is 8.15. The fourth-order valence-electron chi connectivity index (χ4n) is 1.04. The van der Waals surface area contributed by atoms with E-state index in [-0.39, 0.29) is 12.1 Å². The maximum Gasteiger partial charge on any atom is 0.341 e. The van der Waals surface area contributed by atoms with Gasteiger partial charge < -0.3 is 10.1 Å². The van der Waals surface area contributed by atoms with Crippen LogP contribution < -0.4 is 5.32 Å². The first-order valence-corrected chi connectivity index (χ1v) is 4.77. The van der Waals surface area contributed by atoms with E-state index in [1.165, 1.54) is 18.2 Å². The van der Waals surface area contributed by atoms with Crippen molar-refractivity contribution in [3.63, 3.8) is 0 Å². The molecule has 0 aromatic heterocycles. The number of amides is 1. The summed E-state index contributed by atoms with van der Waals surface area (Å²) >= 11 is 0. The van der Waals surface area contributed by atoms with Crippen molar-refractivity contribution in [3.05, 3.63) is 35.6 Å². The lowest BCUT2D eigenvalue weighted by atomic mass is 10.2. The zero-order valence-electron chi connectivity index (χ0n) is 8.90. The van der Waals surface area contributed by atoms with Crippen molar-refractivity contribution in [2.75, 3.05) is 13.2 Å². The Hall–Kier alpha value is -2.35. The largest absolute Gasteiger partial charge is 0.452 e. The van der Waals surface area contributed by atoms with E-state index in [0.29, 0.717) is 0 Å². The van der Waals surface area contributed by atoms with Crippen molar-refractivity contribution in [3.8, 4) is 12.3 Å². The summed E-state index contributed by atoms with van der Waals surface area (Å²) in [7, 11) is 0. The average Bonchev–Trinajstić information content (AvgIpc) is 2.34. The highest BCUT2D eigenvalue weighted by Crippen LogP contribution is 2.07. The molecule has 0 spiro atoms. The molecule has 0 heterocycles. The third-order valence-electron chi connectivity index (χ3n) is 1.82. The van der Waals surface area contributed by atoms with Crippen LogP contribution in [0.4, 0.5) is 4.39 Å². The van der Waals surface area contributed by atoms with Crippen LogP contribution in [0.15, 0.2) is 24.3 Å². The van der Waals surface area contributed by atoms with Gasteiger partial charge in [0.2, 0.25) is 0 Å². The van der Waals surface area contributed by atoms with Crippen molar-refractivity contribution < 1.29 is 18.7 Å². The maximum absolute atomic E-state index is 13.1. The second-order valence-corrected chi connectivity index (χ2v) is 3.04. The molecule has 0 unspecified atom stereocenters. The Morgan fingerprint density at radius 3 is 2.76 bits per heavy atom. The Morgan fingerprint density at radius 2 is 2.12 bits per heavy atom. The van der Waals surface area contributed by atoms with E-state index in [4.69, 9.17) is 6.42 Å². The van der Waals surface area contributed by atoms with Gasteiger partial charge in [0.25, 0.3) is 5.91 Å². The van der Waals surface area contributed by atoms with E-state index in [1.54, 1.807) is 0 Å². The highest BCUT2D eigenvalue weighted by atomic mass is 19.1. The smallest absolute Gasteiger partial charge is 0.341 e. The monoisotopic (exact) mass is 235 g/mol. The fraction of sp³-hybridized carbons (Fsp3) is 0.167. The first-order valence-electron chi connectivity index (χ1n) is 4.77. The minimum Gasteiger partial charge on any atom is -0.452 e. The van der Waals surface area contributed by atoms with Crippen LogP contribution in [0.25, 0.3) is 0 Å². The first kappa shape index (κ1) is 12.7. The van der Waals surface area contributed by atoms with Gasteiger partial charge in [0.1, 0.15) is 5.82 Å². The minimum atomic E-state index is -0.890. The molecule has 0 fully saturated rings. The van der Waals surface area contributed by atoms with Crippen molar-refractivity contribution in [2.24, 2.45) is 0 Å². The molecule has 1 aromatic rings. The van der Waals surface area contributed by atoms with Gasteiger partial charge >= 0.3 is 5.97 Å². The summed E-state index contributed by atoms with van der Waals surface area (Å²) < 4.78 is 17.7. The average molecular weight is 235 g/mol. The molecular weight excluding hydrogens is 225 g/mol. The van der Waals surface area contributed by atoms with Gasteiger partial charge in [0.05, 0.1) is 12.1 Å². The molecular formula is C12H10FNO3. The molecule has 88 valence electrons. The molecule has 0 radical (unpaired) electrons. The van der Waals surface area contributed by atoms with Gasteiger partial charge in [0, 0.05) is 0 Å². The van der Waals surface area contributed by atoms with Crippen LogP contribution in [0.2, 0.25) is 0 Å². The van der Waals surface area contributed by atoms with Crippen molar-refractivity contribution in [1.82, 2.24) is 5.32 Å². The van der Waals surface area contributed by atoms with Crippen molar-refractivity contribution in [2.45, 2.75) is 0 Å². The van der Waals surface area contributed by atoms with E-state index in [0.717, 1.165) is 6.07 Å². The Labute approximate surface area is 97.8 Å². The quantitative estimate of drug-likeness (QED) is 0.618. The number of terminal acetylenes is 1. The fourth-order valence-corrected chi connectivity index (χ4v) is 1.04. The second kappa shape index (κ2) is 6.28. The molecule has 1 aromatic carbocycles. The molecule has 0 aliphatic rings. The predicted molar refractivity (Wildman–Crippen MR) is 58.5 cm³/mol. The van der Waals surface area contributed by atoms with Crippen LogP contribution in [0, 0.1) is 18.2 Å². The predicted octanol–water partition coefficient (Wildman–Crippen LogP) is 0.732. The molecule has 0 saturated carbocycles.